The number of carbonyl (C=O) groups excluding carboxylic acids is 1. The fraction of sp³-hybridized carbons (Fsp3) is 0.500. The minimum atomic E-state index is -0.419. The summed E-state index contributed by atoms with van der Waals surface area (Å²) in [7, 11) is 0. The van der Waals surface area contributed by atoms with E-state index in [9.17, 15) is 4.79 Å². The Bertz CT molecular complexity index is 426. The van der Waals surface area contributed by atoms with E-state index in [1.807, 2.05) is 12.1 Å². The highest BCUT2D eigenvalue weighted by Crippen LogP contribution is 2.27. The summed E-state index contributed by atoms with van der Waals surface area (Å²) in [5.41, 5.74) is 12.7. The van der Waals surface area contributed by atoms with Gasteiger partial charge in [-0.05, 0) is 24.5 Å². The number of ether oxygens (including phenoxy) is 1. The van der Waals surface area contributed by atoms with Crippen molar-refractivity contribution in [1.82, 2.24) is 0 Å². The maximum Gasteiger partial charge on any atom is 0.249 e. The molecule has 1 saturated carbocycles. The van der Waals surface area contributed by atoms with Crippen LogP contribution in [-0.2, 0) is 11.3 Å². The topological polar surface area (TPSA) is 78.3 Å². The van der Waals surface area contributed by atoms with Gasteiger partial charge in [0.1, 0.15) is 0 Å². The third-order valence-corrected chi connectivity index (χ3v) is 3.53. The van der Waals surface area contributed by atoms with E-state index in [1.165, 1.54) is 12.8 Å². The van der Waals surface area contributed by atoms with Crippen LogP contribution in [0.4, 0.5) is 0 Å². The molecule has 0 atom stereocenters. The molecule has 1 aliphatic rings. The third-order valence-electron chi connectivity index (χ3n) is 3.53. The van der Waals surface area contributed by atoms with Crippen molar-refractivity contribution in [3.63, 3.8) is 0 Å². The average Bonchev–Trinajstić information content (AvgIpc) is 2.77. The Balaban J connectivity index is 1.92. The van der Waals surface area contributed by atoms with Gasteiger partial charge in [0.25, 0.3) is 0 Å². The molecular weight excluding hydrogens is 228 g/mol. The average molecular weight is 248 g/mol. The predicted octanol–water partition coefficient (Wildman–Crippen LogP) is 1.57. The summed E-state index contributed by atoms with van der Waals surface area (Å²) in [6.07, 6.45) is 4.39. The van der Waals surface area contributed by atoms with Crippen LogP contribution in [0.15, 0.2) is 24.3 Å². The van der Waals surface area contributed by atoms with Crippen LogP contribution in [-0.4, -0.2) is 18.1 Å². The molecule has 0 aliphatic heterocycles. The lowest BCUT2D eigenvalue weighted by Gasteiger charge is -2.23. The number of benzene rings is 1. The number of nitrogens with two attached hydrogens (primary N) is 2. The minimum absolute atomic E-state index is 0.179. The van der Waals surface area contributed by atoms with E-state index in [-0.39, 0.29) is 5.54 Å². The van der Waals surface area contributed by atoms with E-state index >= 15 is 0 Å². The molecule has 1 amide bonds. The molecule has 1 aromatic rings. The van der Waals surface area contributed by atoms with Gasteiger partial charge in [-0.25, -0.2) is 0 Å². The molecule has 0 heterocycles. The number of rotatable bonds is 5. The van der Waals surface area contributed by atoms with Crippen LogP contribution in [0.5, 0.6) is 0 Å². The maximum atomic E-state index is 11.2. The third kappa shape index (κ3) is 3.09. The Morgan fingerprint density at radius 3 is 2.61 bits per heavy atom. The second-order valence-electron chi connectivity index (χ2n) is 5.08. The van der Waals surface area contributed by atoms with Crippen molar-refractivity contribution < 1.29 is 9.53 Å². The van der Waals surface area contributed by atoms with Gasteiger partial charge in [0.15, 0.2) is 0 Å². The van der Waals surface area contributed by atoms with Crippen LogP contribution in [0.3, 0.4) is 0 Å². The maximum absolute atomic E-state index is 11.2. The number of amides is 1. The molecule has 1 fully saturated rings. The van der Waals surface area contributed by atoms with Gasteiger partial charge >= 0.3 is 0 Å². The Hall–Kier alpha value is -1.39. The first kappa shape index (κ1) is 13.1. The normalized spacial score (nSPS) is 17.8. The molecule has 0 bridgehead atoms. The van der Waals surface area contributed by atoms with Crippen molar-refractivity contribution in [2.45, 2.75) is 37.8 Å². The van der Waals surface area contributed by atoms with Crippen LogP contribution in [0.1, 0.15) is 41.6 Å². The molecular formula is C14H20N2O2. The van der Waals surface area contributed by atoms with E-state index in [1.54, 1.807) is 12.1 Å². The van der Waals surface area contributed by atoms with Gasteiger partial charge in [0.05, 0.1) is 13.2 Å². The summed E-state index contributed by atoms with van der Waals surface area (Å²) in [5, 5.41) is 0. The Kier molecular flexibility index (Phi) is 3.99. The summed E-state index contributed by atoms with van der Waals surface area (Å²) in [4.78, 5) is 11.2. The highest BCUT2D eigenvalue weighted by Gasteiger charge is 2.29. The van der Waals surface area contributed by atoms with Crippen molar-refractivity contribution in [3.05, 3.63) is 35.4 Å². The molecule has 1 aliphatic carbocycles. The lowest BCUT2D eigenvalue weighted by molar-refractivity contribution is 0.0740. The van der Waals surface area contributed by atoms with Gasteiger partial charge < -0.3 is 16.2 Å². The zero-order chi connectivity index (χ0) is 13.0. The van der Waals surface area contributed by atoms with Gasteiger partial charge in [0.2, 0.25) is 5.91 Å². The lowest BCUT2D eigenvalue weighted by Crippen LogP contribution is -2.41. The number of hydrogen-bond donors (Lipinski definition) is 2. The van der Waals surface area contributed by atoms with Crippen molar-refractivity contribution >= 4 is 5.91 Å². The molecule has 4 nitrogen and oxygen atoms in total. The number of carbonyl (C=O) groups is 1. The van der Waals surface area contributed by atoms with Crippen molar-refractivity contribution in [2.24, 2.45) is 11.5 Å². The Morgan fingerprint density at radius 2 is 1.94 bits per heavy atom. The van der Waals surface area contributed by atoms with Crippen LogP contribution < -0.4 is 11.5 Å². The first-order valence-electron chi connectivity index (χ1n) is 6.35. The predicted molar refractivity (Wildman–Crippen MR) is 70.0 cm³/mol. The SMILES string of the molecule is NC(=O)c1ccccc1COCC1(N)CCCC1. The summed E-state index contributed by atoms with van der Waals surface area (Å²) in [6, 6.07) is 7.25. The molecule has 4 heteroatoms. The van der Waals surface area contributed by atoms with Crippen LogP contribution >= 0.6 is 0 Å². The van der Waals surface area contributed by atoms with Crippen molar-refractivity contribution in [3.8, 4) is 0 Å². The zero-order valence-corrected chi connectivity index (χ0v) is 10.5. The molecule has 18 heavy (non-hydrogen) atoms. The van der Waals surface area contributed by atoms with E-state index in [4.69, 9.17) is 16.2 Å². The van der Waals surface area contributed by atoms with E-state index in [0.717, 1.165) is 18.4 Å². The fourth-order valence-corrected chi connectivity index (χ4v) is 2.47. The summed E-state index contributed by atoms with van der Waals surface area (Å²) >= 11 is 0. The smallest absolute Gasteiger partial charge is 0.249 e. The lowest BCUT2D eigenvalue weighted by atomic mass is 10.0. The van der Waals surface area contributed by atoms with Gasteiger partial charge in [-0.1, -0.05) is 31.0 Å². The van der Waals surface area contributed by atoms with Crippen LogP contribution in [0.25, 0.3) is 0 Å². The second kappa shape index (κ2) is 5.50. The van der Waals surface area contributed by atoms with E-state index in [0.29, 0.717) is 18.8 Å². The van der Waals surface area contributed by atoms with Crippen molar-refractivity contribution in [1.29, 1.82) is 0 Å². The fourth-order valence-electron chi connectivity index (χ4n) is 2.47. The first-order valence-corrected chi connectivity index (χ1v) is 6.35. The molecule has 0 spiro atoms. The van der Waals surface area contributed by atoms with E-state index < -0.39 is 5.91 Å². The van der Waals surface area contributed by atoms with Crippen LogP contribution in [0, 0.1) is 0 Å². The molecule has 2 rings (SSSR count). The number of primary amides is 1. The summed E-state index contributed by atoms with van der Waals surface area (Å²) in [6.45, 7) is 0.929. The first-order chi connectivity index (χ1) is 8.61. The van der Waals surface area contributed by atoms with Crippen molar-refractivity contribution in [2.75, 3.05) is 6.61 Å². The van der Waals surface area contributed by atoms with Crippen LogP contribution in [0.2, 0.25) is 0 Å². The zero-order valence-electron chi connectivity index (χ0n) is 10.5. The Morgan fingerprint density at radius 1 is 1.28 bits per heavy atom. The second-order valence-corrected chi connectivity index (χ2v) is 5.08. The Labute approximate surface area is 107 Å². The monoisotopic (exact) mass is 248 g/mol. The molecule has 0 saturated heterocycles. The quantitative estimate of drug-likeness (QED) is 0.830. The van der Waals surface area contributed by atoms with Gasteiger partial charge in [0, 0.05) is 11.1 Å². The molecule has 0 radical (unpaired) electrons. The highest BCUT2D eigenvalue weighted by molar-refractivity contribution is 5.94. The summed E-state index contributed by atoms with van der Waals surface area (Å²) in [5.74, 6) is -0.419. The standard InChI is InChI=1S/C14H20N2O2/c15-13(17)12-6-2-1-5-11(12)9-18-10-14(16)7-3-4-8-14/h1-2,5-6H,3-4,7-10,16H2,(H2,15,17). The molecule has 1 aromatic carbocycles. The highest BCUT2D eigenvalue weighted by atomic mass is 16.5. The summed E-state index contributed by atoms with van der Waals surface area (Å²) < 4.78 is 5.66. The minimum Gasteiger partial charge on any atom is -0.375 e. The van der Waals surface area contributed by atoms with E-state index in [2.05, 4.69) is 0 Å². The molecule has 0 aromatic heterocycles. The number of hydrogen-bond acceptors (Lipinski definition) is 3. The largest absolute Gasteiger partial charge is 0.375 e. The van der Waals surface area contributed by atoms with Gasteiger partial charge in [-0.15, -0.1) is 0 Å². The van der Waals surface area contributed by atoms with Gasteiger partial charge in [-0.2, -0.15) is 0 Å². The molecule has 4 N–H and O–H groups in total. The van der Waals surface area contributed by atoms with Gasteiger partial charge in [-0.3, -0.25) is 4.79 Å². The molecule has 98 valence electrons. The molecule has 0 unspecified atom stereocenters.